The molecule has 2 rings (SSSR count). The number of halogens is 1. The molecule has 2 N–H and O–H groups in total. The number of ether oxygens (including phenoxy) is 1. The van der Waals surface area contributed by atoms with Crippen LogP contribution in [0.3, 0.4) is 0 Å². The van der Waals surface area contributed by atoms with Crippen molar-refractivity contribution in [1.29, 1.82) is 0 Å². The number of aromatic nitrogens is 1. The van der Waals surface area contributed by atoms with E-state index in [0.717, 1.165) is 6.20 Å². The average Bonchev–Trinajstić information content (AvgIpc) is 2.47. The molecule has 1 aliphatic rings. The predicted octanol–water partition coefficient (Wildman–Crippen LogP) is 0.726. The number of hydrogen-bond donors (Lipinski definition) is 2. The Kier molecular flexibility index (Phi) is 5.42. The van der Waals surface area contributed by atoms with Crippen molar-refractivity contribution in [2.45, 2.75) is 31.6 Å². The van der Waals surface area contributed by atoms with E-state index < -0.39 is 11.9 Å². The molecule has 1 fully saturated rings. The summed E-state index contributed by atoms with van der Waals surface area (Å²) in [6.45, 7) is 3.97. The van der Waals surface area contributed by atoms with Gasteiger partial charge in [0.15, 0.2) is 0 Å². The number of hydrogen-bond acceptors (Lipinski definition) is 5. The lowest BCUT2D eigenvalue weighted by molar-refractivity contribution is -0.0801. The fourth-order valence-corrected chi connectivity index (χ4v) is 2.32. The Bertz CT molecular complexity index is 415. The third kappa shape index (κ3) is 3.96. The monoisotopic (exact) mass is 284 g/mol. The molecule has 0 amide bonds. The van der Waals surface area contributed by atoms with Crippen LogP contribution in [0.15, 0.2) is 18.3 Å². The summed E-state index contributed by atoms with van der Waals surface area (Å²) in [4.78, 5) is 6.06. The molecule has 1 aromatic rings. The molecule has 0 aliphatic carbocycles. The SMILES string of the molecule is CC1COC(CO)CN1CCC(O)c1ccc(F)cn1. The van der Waals surface area contributed by atoms with Crippen LogP contribution in [-0.4, -0.2) is 58.5 Å². The Balaban J connectivity index is 1.85. The van der Waals surface area contributed by atoms with Gasteiger partial charge >= 0.3 is 0 Å². The molecule has 2 heterocycles. The van der Waals surface area contributed by atoms with Crippen LogP contribution in [0.5, 0.6) is 0 Å². The summed E-state index contributed by atoms with van der Waals surface area (Å²) in [5, 5.41) is 19.2. The normalized spacial score (nSPS) is 25.6. The van der Waals surface area contributed by atoms with Gasteiger partial charge in [0.25, 0.3) is 0 Å². The molecule has 5 nitrogen and oxygen atoms in total. The molecule has 0 bridgehead atoms. The molecule has 1 aliphatic heterocycles. The molecule has 3 atom stereocenters. The lowest BCUT2D eigenvalue weighted by atomic mass is 10.1. The maximum Gasteiger partial charge on any atom is 0.141 e. The van der Waals surface area contributed by atoms with E-state index in [2.05, 4.69) is 16.8 Å². The van der Waals surface area contributed by atoms with Crippen LogP contribution in [0.25, 0.3) is 0 Å². The second-order valence-corrected chi connectivity index (χ2v) is 5.19. The zero-order valence-electron chi connectivity index (χ0n) is 11.6. The number of pyridine rings is 1. The van der Waals surface area contributed by atoms with E-state index in [1.165, 1.54) is 12.1 Å². The minimum absolute atomic E-state index is 0.00525. The van der Waals surface area contributed by atoms with E-state index in [4.69, 9.17) is 9.84 Å². The maximum atomic E-state index is 12.8. The minimum Gasteiger partial charge on any atom is -0.394 e. The van der Waals surface area contributed by atoms with Crippen LogP contribution in [-0.2, 0) is 4.74 Å². The number of morpholine rings is 1. The van der Waals surface area contributed by atoms with Crippen LogP contribution in [0.2, 0.25) is 0 Å². The summed E-state index contributed by atoms with van der Waals surface area (Å²) >= 11 is 0. The van der Waals surface area contributed by atoms with Gasteiger partial charge in [0.05, 0.1) is 37.3 Å². The number of rotatable bonds is 5. The van der Waals surface area contributed by atoms with E-state index in [-0.39, 0.29) is 18.8 Å². The Morgan fingerprint density at radius 1 is 1.55 bits per heavy atom. The first kappa shape index (κ1) is 15.3. The molecule has 0 aromatic carbocycles. The Labute approximate surface area is 118 Å². The summed E-state index contributed by atoms with van der Waals surface area (Å²) in [5.74, 6) is -0.409. The summed E-state index contributed by atoms with van der Waals surface area (Å²) < 4.78 is 18.2. The molecule has 0 saturated carbocycles. The number of aliphatic hydroxyl groups is 2. The van der Waals surface area contributed by atoms with Crippen molar-refractivity contribution >= 4 is 0 Å². The molecular formula is C14H21FN2O3. The zero-order valence-corrected chi connectivity index (χ0v) is 11.6. The Morgan fingerprint density at radius 2 is 2.35 bits per heavy atom. The molecule has 1 aromatic heterocycles. The first-order valence-corrected chi connectivity index (χ1v) is 6.86. The van der Waals surface area contributed by atoms with Gasteiger partial charge in [-0.1, -0.05) is 0 Å². The van der Waals surface area contributed by atoms with Crippen LogP contribution in [0.4, 0.5) is 4.39 Å². The first-order valence-electron chi connectivity index (χ1n) is 6.86. The highest BCUT2D eigenvalue weighted by Gasteiger charge is 2.26. The van der Waals surface area contributed by atoms with Gasteiger partial charge in [-0.05, 0) is 25.5 Å². The smallest absolute Gasteiger partial charge is 0.141 e. The molecule has 20 heavy (non-hydrogen) atoms. The lowest BCUT2D eigenvalue weighted by Gasteiger charge is -2.37. The van der Waals surface area contributed by atoms with E-state index in [0.29, 0.717) is 31.8 Å². The Hall–Kier alpha value is -1.08. The number of nitrogens with zero attached hydrogens (tertiary/aromatic N) is 2. The van der Waals surface area contributed by atoms with Gasteiger partial charge in [0.1, 0.15) is 5.82 Å². The molecule has 1 saturated heterocycles. The molecule has 0 radical (unpaired) electrons. The highest BCUT2D eigenvalue weighted by molar-refractivity contribution is 5.08. The van der Waals surface area contributed by atoms with Crippen molar-refractivity contribution in [2.75, 3.05) is 26.3 Å². The molecule has 112 valence electrons. The fourth-order valence-electron chi connectivity index (χ4n) is 2.32. The topological polar surface area (TPSA) is 65.8 Å². The van der Waals surface area contributed by atoms with Gasteiger partial charge in [-0.15, -0.1) is 0 Å². The van der Waals surface area contributed by atoms with Gasteiger partial charge in [0, 0.05) is 19.1 Å². The van der Waals surface area contributed by atoms with Gasteiger partial charge in [-0.2, -0.15) is 0 Å². The van der Waals surface area contributed by atoms with Crippen molar-refractivity contribution in [3.05, 3.63) is 29.8 Å². The molecular weight excluding hydrogens is 263 g/mol. The molecule has 6 heteroatoms. The summed E-state index contributed by atoms with van der Waals surface area (Å²) in [6, 6.07) is 3.05. The van der Waals surface area contributed by atoms with Crippen molar-refractivity contribution < 1.29 is 19.3 Å². The van der Waals surface area contributed by atoms with Gasteiger partial charge in [-0.25, -0.2) is 4.39 Å². The van der Waals surface area contributed by atoms with E-state index >= 15 is 0 Å². The van der Waals surface area contributed by atoms with Crippen LogP contribution >= 0.6 is 0 Å². The third-order valence-electron chi connectivity index (χ3n) is 3.62. The average molecular weight is 284 g/mol. The van der Waals surface area contributed by atoms with Crippen molar-refractivity contribution in [2.24, 2.45) is 0 Å². The van der Waals surface area contributed by atoms with Crippen molar-refractivity contribution in [3.63, 3.8) is 0 Å². The van der Waals surface area contributed by atoms with Gasteiger partial charge < -0.3 is 14.9 Å². The predicted molar refractivity (Wildman–Crippen MR) is 71.6 cm³/mol. The summed E-state index contributed by atoms with van der Waals surface area (Å²) in [5.41, 5.74) is 0.478. The third-order valence-corrected chi connectivity index (χ3v) is 3.62. The highest BCUT2D eigenvalue weighted by atomic mass is 19.1. The van der Waals surface area contributed by atoms with Gasteiger partial charge in [0.2, 0.25) is 0 Å². The Morgan fingerprint density at radius 3 is 3.00 bits per heavy atom. The van der Waals surface area contributed by atoms with Crippen LogP contribution < -0.4 is 0 Å². The minimum atomic E-state index is -0.710. The lowest BCUT2D eigenvalue weighted by Crippen LogP contribution is -2.49. The van der Waals surface area contributed by atoms with Gasteiger partial charge in [-0.3, -0.25) is 9.88 Å². The van der Waals surface area contributed by atoms with Crippen molar-refractivity contribution in [1.82, 2.24) is 9.88 Å². The van der Waals surface area contributed by atoms with E-state index in [1.807, 2.05) is 0 Å². The van der Waals surface area contributed by atoms with Crippen molar-refractivity contribution in [3.8, 4) is 0 Å². The second kappa shape index (κ2) is 7.08. The number of aliphatic hydroxyl groups excluding tert-OH is 2. The van der Waals surface area contributed by atoms with Crippen LogP contribution in [0.1, 0.15) is 25.1 Å². The summed E-state index contributed by atoms with van der Waals surface area (Å²) in [6.07, 6.45) is 0.754. The van der Waals surface area contributed by atoms with Crippen LogP contribution in [0, 0.1) is 5.82 Å². The largest absolute Gasteiger partial charge is 0.394 e. The quantitative estimate of drug-likeness (QED) is 0.834. The highest BCUT2D eigenvalue weighted by Crippen LogP contribution is 2.18. The first-order chi connectivity index (χ1) is 9.60. The standard InChI is InChI=1S/C14H21FN2O3/c1-10-9-20-12(8-18)7-17(10)5-4-14(19)13-3-2-11(15)6-16-13/h2-3,6,10,12,14,18-19H,4-5,7-9H2,1H3. The van der Waals surface area contributed by atoms with E-state index in [1.54, 1.807) is 0 Å². The van der Waals surface area contributed by atoms with E-state index in [9.17, 15) is 9.50 Å². The second-order valence-electron chi connectivity index (χ2n) is 5.19. The fraction of sp³-hybridized carbons (Fsp3) is 0.643. The molecule has 0 spiro atoms. The molecule has 3 unspecified atom stereocenters. The maximum absolute atomic E-state index is 12.8. The summed E-state index contributed by atoms with van der Waals surface area (Å²) in [7, 11) is 0. The zero-order chi connectivity index (χ0) is 14.5.